The van der Waals surface area contributed by atoms with Gasteiger partial charge in [0.25, 0.3) is 9.84 Å². The third kappa shape index (κ3) is 2.60. The van der Waals surface area contributed by atoms with Gasteiger partial charge in [-0.1, -0.05) is 19.9 Å². The van der Waals surface area contributed by atoms with Gasteiger partial charge in [0.2, 0.25) is 0 Å². The SMILES string of the molecule is C=CC(C(C)C)S(=O)(=O)C=[N+]=[N-]. The standard InChI is InChI=1S/C7H12N2O2S/c1-4-7(6(2)3)12(10,11)5-9-8/h4-7H,1H2,2-3H3. The molecule has 0 spiro atoms. The van der Waals surface area contributed by atoms with Crippen molar-refractivity contribution in [2.24, 2.45) is 5.92 Å². The Morgan fingerprint density at radius 1 is 1.50 bits per heavy atom. The van der Waals surface area contributed by atoms with Gasteiger partial charge >= 0.3 is 5.55 Å². The minimum atomic E-state index is -3.48. The first kappa shape index (κ1) is 11.1. The molecule has 0 radical (unpaired) electrons. The molecule has 4 nitrogen and oxygen atoms in total. The van der Waals surface area contributed by atoms with Gasteiger partial charge < -0.3 is 5.53 Å². The van der Waals surface area contributed by atoms with Crippen LogP contribution in [0.25, 0.3) is 5.53 Å². The molecule has 68 valence electrons. The monoisotopic (exact) mass is 188 g/mol. The van der Waals surface area contributed by atoms with Gasteiger partial charge in [-0.2, -0.15) is 4.79 Å². The normalized spacial score (nSPS) is 13.6. The smallest absolute Gasteiger partial charge is 0.361 e. The van der Waals surface area contributed by atoms with Crippen molar-refractivity contribution in [3.05, 3.63) is 18.2 Å². The third-order valence-corrected chi connectivity index (χ3v) is 3.35. The highest BCUT2D eigenvalue weighted by Gasteiger charge is 2.27. The lowest BCUT2D eigenvalue weighted by Crippen LogP contribution is -2.25. The summed E-state index contributed by atoms with van der Waals surface area (Å²) >= 11 is 0. The third-order valence-electron chi connectivity index (χ3n) is 1.46. The van der Waals surface area contributed by atoms with Gasteiger partial charge in [-0.25, -0.2) is 8.42 Å². The van der Waals surface area contributed by atoms with Crippen molar-refractivity contribution >= 4 is 15.4 Å². The van der Waals surface area contributed by atoms with E-state index in [2.05, 4.69) is 11.4 Å². The molecule has 0 aromatic carbocycles. The van der Waals surface area contributed by atoms with E-state index in [-0.39, 0.29) is 5.92 Å². The Hall–Kier alpha value is -0.930. The minimum Gasteiger partial charge on any atom is -0.361 e. The largest absolute Gasteiger partial charge is 0.370 e. The molecule has 0 heterocycles. The van der Waals surface area contributed by atoms with Crippen molar-refractivity contribution in [1.82, 2.24) is 0 Å². The van der Waals surface area contributed by atoms with E-state index in [0.717, 1.165) is 0 Å². The van der Waals surface area contributed by atoms with E-state index in [1.165, 1.54) is 6.08 Å². The zero-order chi connectivity index (χ0) is 9.78. The van der Waals surface area contributed by atoms with Crippen molar-refractivity contribution in [3.63, 3.8) is 0 Å². The van der Waals surface area contributed by atoms with Crippen LogP contribution in [-0.2, 0) is 9.84 Å². The number of sulfone groups is 1. The first-order chi connectivity index (χ1) is 5.45. The fraction of sp³-hybridized carbons (Fsp3) is 0.571. The Morgan fingerprint density at radius 2 is 2.00 bits per heavy atom. The quantitative estimate of drug-likeness (QED) is 0.216. The summed E-state index contributed by atoms with van der Waals surface area (Å²) < 4.78 is 22.4. The first-order valence-electron chi connectivity index (χ1n) is 3.49. The maximum atomic E-state index is 11.2. The zero-order valence-corrected chi connectivity index (χ0v) is 7.95. The molecule has 0 aromatic heterocycles. The molecule has 0 saturated heterocycles. The van der Waals surface area contributed by atoms with Crippen molar-refractivity contribution in [2.75, 3.05) is 0 Å². The summed E-state index contributed by atoms with van der Waals surface area (Å²) in [4.78, 5) is 2.50. The molecular weight excluding hydrogens is 176 g/mol. The second-order valence-corrected chi connectivity index (χ2v) is 4.69. The molecule has 0 bridgehead atoms. The molecule has 0 aromatic rings. The minimum absolute atomic E-state index is 0.0782. The van der Waals surface area contributed by atoms with Crippen molar-refractivity contribution < 1.29 is 13.2 Å². The van der Waals surface area contributed by atoms with E-state index in [0.29, 0.717) is 5.55 Å². The van der Waals surface area contributed by atoms with Gasteiger partial charge in [-0.05, 0) is 5.92 Å². The van der Waals surface area contributed by atoms with Crippen LogP contribution in [0.3, 0.4) is 0 Å². The molecule has 0 saturated carbocycles. The predicted octanol–water partition coefficient (Wildman–Crippen LogP) is 0.870. The summed E-state index contributed by atoms with van der Waals surface area (Å²) in [5, 5.41) is -0.687. The molecule has 12 heavy (non-hydrogen) atoms. The molecular formula is C7H12N2O2S. The van der Waals surface area contributed by atoms with Crippen LogP contribution in [0.2, 0.25) is 0 Å². The molecule has 0 N–H and O–H groups in total. The van der Waals surface area contributed by atoms with E-state index in [4.69, 9.17) is 5.53 Å². The Kier molecular flexibility index (Phi) is 3.86. The number of hydrogen-bond donors (Lipinski definition) is 0. The highest BCUT2D eigenvalue weighted by Crippen LogP contribution is 2.11. The average molecular weight is 188 g/mol. The summed E-state index contributed by atoms with van der Waals surface area (Å²) in [7, 11) is -3.48. The van der Waals surface area contributed by atoms with Crippen LogP contribution in [0.1, 0.15) is 13.8 Å². The zero-order valence-electron chi connectivity index (χ0n) is 7.14. The summed E-state index contributed by atoms with van der Waals surface area (Å²) in [6, 6.07) is 0. The molecule has 1 unspecified atom stereocenters. The summed E-state index contributed by atoms with van der Waals surface area (Å²) in [6.45, 7) is 6.93. The van der Waals surface area contributed by atoms with E-state index < -0.39 is 15.1 Å². The van der Waals surface area contributed by atoms with E-state index in [9.17, 15) is 8.42 Å². The molecule has 0 amide bonds. The molecule has 0 rings (SSSR count). The molecule has 1 atom stereocenters. The molecule has 0 aliphatic carbocycles. The average Bonchev–Trinajstić information content (AvgIpc) is 1.86. The van der Waals surface area contributed by atoms with Gasteiger partial charge in [0.15, 0.2) is 0 Å². The van der Waals surface area contributed by atoms with Gasteiger partial charge in [-0.3, -0.25) is 0 Å². The van der Waals surface area contributed by atoms with Gasteiger partial charge in [0, 0.05) is 0 Å². The topological polar surface area (TPSA) is 70.5 Å². The van der Waals surface area contributed by atoms with Crippen molar-refractivity contribution in [3.8, 4) is 0 Å². The Morgan fingerprint density at radius 3 is 2.25 bits per heavy atom. The highest BCUT2D eigenvalue weighted by molar-refractivity contribution is 8.04. The second-order valence-electron chi connectivity index (χ2n) is 2.75. The predicted molar refractivity (Wildman–Crippen MR) is 47.4 cm³/mol. The Bertz CT molecular complexity index is 299. The lowest BCUT2D eigenvalue weighted by molar-refractivity contribution is 0.00747. The van der Waals surface area contributed by atoms with Crippen LogP contribution in [0, 0.1) is 5.92 Å². The van der Waals surface area contributed by atoms with Gasteiger partial charge in [0.1, 0.15) is 0 Å². The lowest BCUT2D eigenvalue weighted by atomic mass is 10.1. The number of nitrogens with zero attached hydrogens (tertiary/aromatic N) is 2. The van der Waals surface area contributed by atoms with Crippen molar-refractivity contribution in [2.45, 2.75) is 19.1 Å². The first-order valence-corrected chi connectivity index (χ1v) is 5.10. The number of hydrogen-bond acceptors (Lipinski definition) is 2. The molecule has 0 fully saturated rings. The van der Waals surface area contributed by atoms with Crippen LogP contribution in [0.15, 0.2) is 12.7 Å². The van der Waals surface area contributed by atoms with Crippen molar-refractivity contribution in [1.29, 1.82) is 0 Å². The molecule has 0 aliphatic heterocycles. The maximum absolute atomic E-state index is 11.2. The second kappa shape index (κ2) is 4.18. The summed E-state index contributed by atoms with van der Waals surface area (Å²) in [5.74, 6) is -0.0782. The molecule has 5 heteroatoms. The van der Waals surface area contributed by atoms with Gasteiger partial charge in [-0.15, -0.1) is 6.58 Å². The fourth-order valence-corrected chi connectivity index (χ4v) is 2.22. The van der Waals surface area contributed by atoms with Crippen LogP contribution in [-0.4, -0.2) is 24.0 Å². The highest BCUT2D eigenvalue weighted by atomic mass is 32.2. The lowest BCUT2D eigenvalue weighted by Gasteiger charge is -2.10. The summed E-state index contributed by atoms with van der Waals surface area (Å²) in [6.07, 6.45) is 1.34. The summed E-state index contributed by atoms with van der Waals surface area (Å²) in [5.41, 5.74) is 8.63. The van der Waals surface area contributed by atoms with Crippen LogP contribution >= 0.6 is 0 Å². The van der Waals surface area contributed by atoms with Crippen LogP contribution < -0.4 is 0 Å². The number of rotatable bonds is 4. The van der Waals surface area contributed by atoms with E-state index >= 15 is 0 Å². The van der Waals surface area contributed by atoms with Gasteiger partial charge in [0.05, 0.1) is 5.25 Å². The van der Waals surface area contributed by atoms with Crippen LogP contribution in [0.5, 0.6) is 0 Å². The van der Waals surface area contributed by atoms with Crippen LogP contribution in [0.4, 0.5) is 0 Å². The maximum Gasteiger partial charge on any atom is 0.370 e. The van der Waals surface area contributed by atoms with E-state index in [1.807, 2.05) is 0 Å². The fourth-order valence-electron chi connectivity index (χ4n) is 0.922. The Balaban J connectivity index is 4.98. The molecule has 0 aliphatic rings. The van der Waals surface area contributed by atoms with E-state index in [1.54, 1.807) is 13.8 Å². The Labute approximate surface area is 72.4 Å².